The summed E-state index contributed by atoms with van der Waals surface area (Å²) in [7, 11) is -7.77. The number of rotatable bonds is 6. The van der Waals surface area contributed by atoms with Crippen molar-refractivity contribution in [3.8, 4) is 0 Å². The van der Waals surface area contributed by atoms with Gasteiger partial charge in [-0.25, -0.2) is 8.42 Å². The van der Waals surface area contributed by atoms with Crippen LogP contribution in [0.25, 0.3) is 0 Å². The molecule has 2 N–H and O–H groups in total. The predicted octanol–water partition coefficient (Wildman–Crippen LogP) is 2.52. The van der Waals surface area contributed by atoms with E-state index in [1.165, 1.54) is 12.1 Å². The first-order valence-electron chi connectivity index (χ1n) is 9.44. The van der Waals surface area contributed by atoms with E-state index in [1.54, 1.807) is 37.3 Å². The fourth-order valence-electron chi connectivity index (χ4n) is 3.32. The van der Waals surface area contributed by atoms with Gasteiger partial charge >= 0.3 is 0 Å². The first kappa shape index (κ1) is 22.7. The highest BCUT2D eigenvalue weighted by Crippen LogP contribution is 2.36. The smallest absolute Gasteiger partial charge is 0.278 e. The van der Waals surface area contributed by atoms with E-state index in [4.69, 9.17) is 11.8 Å². The van der Waals surface area contributed by atoms with Crippen LogP contribution in [0.4, 0.5) is 17.1 Å². The van der Waals surface area contributed by atoms with E-state index in [-0.39, 0.29) is 16.3 Å². The van der Waals surface area contributed by atoms with E-state index in [0.29, 0.717) is 9.39 Å². The number of halogens is 1. The Kier molecular flexibility index (Phi) is 6.81. The van der Waals surface area contributed by atoms with Crippen molar-refractivity contribution in [2.24, 2.45) is 0 Å². The van der Waals surface area contributed by atoms with Crippen LogP contribution in [0.5, 0.6) is 0 Å². The van der Waals surface area contributed by atoms with E-state index in [2.05, 4.69) is 14.9 Å². The van der Waals surface area contributed by atoms with E-state index >= 15 is 0 Å². The average molecular weight is 473 g/mol. The van der Waals surface area contributed by atoms with Crippen LogP contribution < -0.4 is 18.8 Å². The molecule has 1 aliphatic heterocycles. The zero-order chi connectivity index (χ0) is 21.9. The summed E-state index contributed by atoms with van der Waals surface area (Å²) >= 11 is 6.29. The molecule has 1 aliphatic rings. The first-order valence-corrected chi connectivity index (χ1v) is 13.1. The van der Waals surface area contributed by atoms with E-state index < -0.39 is 20.0 Å². The van der Waals surface area contributed by atoms with Crippen molar-refractivity contribution in [1.82, 2.24) is 5.32 Å². The molecule has 30 heavy (non-hydrogen) atoms. The predicted molar refractivity (Wildman–Crippen MR) is 121 cm³/mol. The van der Waals surface area contributed by atoms with E-state index in [9.17, 15) is 16.8 Å². The largest absolute Gasteiger partial charge is 0.370 e. The second-order valence-corrected chi connectivity index (χ2v) is 11.2. The third kappa shape index (κ3) is 5.18. The van der Waals surface area contributed by atoms with Crippen molar-refractivity contribution < 1.29 is 16.8 Å². The minimum absolute atomic E-state index is 0.0297. The quantitative estimate of drug-likeness (QED) is 0.627. The normalized spacial score (nSPS) is 15.5. The van der Waals surface area contributed by atoms with Gasteiger partial charge in [0.1, 0.15) is 0 Å². The molecule has 0 radical (unpaired) electrons. The maximum absolute atomic E-state index is 13.1. The van der Waals surface area contributed by atoms with Crippen LogP contribution in [0.15, 0.2) is 47.4 Å². The highest BCUT2D eigenvalue weighted by Gasteiger charge is 2.28. The van der Waals surface area contributed by atoms with E-state index in [1.807, 2.05) is 0 Å². The van der Waals surface area contributed by atoms with Crippen molar-refractivity contribution in [3.63, 3.8) is 0 Å². The van der Waals surface area contributed by atoms with Gasteiger partial charge in [-0.05, 0) is 49.7 Å². The van der Waals surface area contributed by atoms with Gasteiger partial charge in [0.2, 0.25) is 10.0 Å². The highest BCUT2D eigenvalue weighted by molar-refractivity contribution is 7.94. The summed E-state index contributed by atoms with van der Waals surface area (Å²) in [4.78, 5) is 2.17. The number of hydrogen-bond acceptors (Lipinski definition) is 6. The molecule has 0 amide bonds. The van der Waals surface area contributed by atoms with Gasteiger partial charge in [-0.15, -0.1) is 0 Å². The van der Waals surface area contributed by atoms with Crippen LogP contribution in [-0.2, 0) is 20.0 Å². The second-order valence-electron chi connectivity index (χ2n) is 7.15. The Hall–Kier alpha value is -2.01. The Labute approximate surface area is 183 Å². The summed E-state index contributed by atoms with van der Waals surface area (Å²) in [6, 6.07) is 11.3. The second kappa shape index (κ2) is 9.01. The van der Waals surface area contributed by atoms with Gasteiger partial charge in [0.25, 0.3) is 10.0 Å². The molecule has 164 valence electrons. The molecule has 2 aromatic carbocycles. The number of sulfonamides is 2. The van der Waals surface area contributed by atoms with Crippen LogP contribution in [0.1, 0.15) is 12.0 Å². The van der Waals surface area contributed by atoms with Crippen LogP contribution in [-0.4, -0.2) is 49.3 Å². The highest BCUT2D eigenvalue weighted by atomic mass is 35.5. The van der Waals surface area contributed by atoms with Gasteiger partial charge < -0.3 is 10.2 Å². The topological polar surface area (TPSA) is 98.8 Å². The van der Waals surface area contributed by atoms with Crippen LogP contribution in [0.3, 0.4) is 0 Å². The third-order valence-corrected chi connectivity index (χ3v) is 7.70. The molecule has 1 heterocycles. The molecule has 1 saturated heterocycles. The molecule has 0 spiro atoms. The number of nitrogens with one attached hydrogen (secondary N) is 2. The van der Waals surface area contributed by atoms with Gasteiger partial charge in [-0.2, -0.15) is 12.2 Å². The van der Waals surface area contributed by atoms with Crippen molar-refractivity contribution in [3.05, 3.63) is 48.0 Å². The molecule has 0 saturated carbocycles. The third-order valence-electron chi connectivity index (χ3n) is 4.75. The van der Waals surface area contributed by atoms with Crippen molar-refractivity contribution >= 4 is 48.9 Å². The number of anilines is 3. The Balaban J connectivity index is 2.05. The zero-order valence-electron chi connectivity index (χ0n) is 16.8. The summed E-state index contributed by atoms with van der Waals surface area (Å²) < 4.78 is 53.1. The molecule has 0 unspecified atom stereocenters. The summed E-state index contributed by atoms with van der Waals surface area (Å²) in [5.74, 6) is 0. The Bertz CT molecular complexity index is 1120. The maximum Gasteiger partial charge on any atom is 0.278 e. The molecule has 8 nitrogen and oxygen atoms in total. The van der Waals surface area contributed by atoms with Gasteiger partial charge in [0, 0.05) is 37.1 Å². The maximum atomic E-state index is 13.1. The van der Waals surface area contributed by atoms with Crippen LogP contribution in [0, 0.1) is 6.92 Å². The van der Waals surface area contributed by atoms with Crippen molar-refractivity contribution in [1.29, 1.82) is 0 Å². The monoisotopic (exact) mass is 472 g/mol. The average Bonchev–Trinajstić information content (AvgIpc) is 2.96. The summed E-state index contributed by atoms with van der Waals surface area (Å²) in [6.45, 7) is 4.94. The zero-order valence-corrected chi connectivity index (χ0v) is 19.2. The molecule has 0 atom stereocenters. The van der Waals surface area contributed by atoms with Crippen molar-refractivity contribution in [2.45, 2.75) is 18.2 Å². The Morgan fingerprint density at radius 3 is 2.50 bits per heavy atom. The van der Waals surface area contributed by atoms with Crippen LogP contribution in [0.2, 0.25) is 0 Å². The van der Waals surface area contributed by atoms with Gasteiger partial charge in [-0.1, -0.05) is 18.2 Å². The van der Waals surface area contributed by atoms with Crippen molar-refractivity contribution in [2.75, 3.05) is 45.9 Å². The molecular weight excluding hydrogens is 448 g/mol. The molecule has 1 fully saturated rings. The SMILES string of the molecule is Cc1ccccc1S(=O)(=O)N(Cl)c1ccc(N2CCCNCC2)cc1NS(C)(=O)=O. The molecule has 0 aromatic heterocycles. The first-order chi connectivity index (χ1) is 14.1. The molecule has 0 bridgehead atoms. The number of hydrogen-bond donors (Lipinski definition) is 2. The summed E-state index contributed by atoms with van der Waals surface area (Å²) in [5, 5.41) is 3.31. The van der Waals surface area contributed by atoms with Crippen LogP contribution >= 0.6 is 11.8 Å². The molecule has 0 aliphatic carbocycles. The molecular formula is C19H25ClN4O4S2. The van der Waals surface area contributed by atoms with Gasteiger partial charge in [0.05, 0.1) is 22.5 Å². The van der Waals surface area contributed by atoms with E-state index in [0.717, 1.165) is 44.5 Å². The molecule has 11 heteroatoms. The number of benzene rings is 2. The lowest BCUT2D eigenvalue weighted by molar-refractivity contribution is 0.597. The summed E-state index contributed by atoms with van der Waals surface area (Å²) in [5.41, 5.74) is 1.45. The fourth-order valence-corrected chi connectivity index (χ4v) is 5.57. The Morgan fingerprint density at radius 2 is 1.80 bits per heavy atom. The number of aryl methyl sites for hydroxylation is 1. The summed E-state index contributed by atoms with van der Waals surface area (Å²) in [6.07, 6.45) is 1.95. The number of nitrogens with zero attached hydrogens (tertiary/aromatic N) is 2. The minimum Gasteiger partial charge on any atom is -0.370 e. The van der Waals surface area contributed by atoms with Gasteiger partial charge in [0.15, 0.2) is 0 Å². The fraction of sp³-hybridized carbons (Fsp3) is 0.368. The minimum atomic E-state index is -4.10. The Morgan fingerprint density at radius 1 is 1.07 bits per heavy atom. The molecule has 2 aromatic rings. The lowest BCUT2D eigenvalue weighted by Crippen LogP contribution is -2.28. The lowest BCUT2D eigenvalue weighted by atomic mass is 10.2. The standard InChI is InChI=1S/C19H25ClN4O4S2/c1-15-6-3-4-7-19(15)30(27,28)24(20)18-9-8-16(14-17(18)22-29(2,25)26)23-12-5-10-21-11-13-23/h3-4,6-9,14,21-22H,5,10-13H2,1-2H3. The molecule has 3 rings (SSSR count). The lowest BCUT2D eigenvalue weighted by Gasteiger charge is -2.25. The van der Waals surface area contributed by atoms with Gasteiger partial charge in [-0.3, -0.25) is 4.72 Å².